The third-order valence-electron chi connectivity index (χ3n) is 4.36. The normalized spacial score (nSPS) is 17.7. The number of morpholine rings is 1. The van der Waals surface area contributed by atoms with Gasteiger partial charge in [0, 0.05) is 13.0 Å². The number of ether oxygens (including phenoxy) is 1. The molecule has 126 valence electrons. The van der Waals surface area contributed by atoms with Crippen LogP contribution in [0.1, 0.15) is 30.1 Å². The molecule has 1 fully saturated rings. The summed E-state index contributed by atoms with van der Waals surface area (Å²) in [5.74, 6) is -0.0928. The van der Waals surface area contributed by atoms with E-state index in [1.165, 1.54) is 17.7 Å². The Balaban J connectivity index is 1.50. The minimum Gasteiger partial charge on any atom is -0.370 e. The van der Waals surface area contributed by atoms with Crippen LogP contribution in [-0.2, 0) is 16.0 Å². The van der Waals surface area contributed by atoms with Crippen molar-refractivity contribution in [3.63, 3.8) is 0 Å². The molecule has 4 heteroatoms. The molecule has 2 aromatic carbocycles. The molecule has 24 heavy (non-hydrogen) atoms. The topological polar surface area (TPSA) is 29.5 Å². The molecule has 3 nitrogen and oxygen atoms in total. The maximum Gasteiger partial charge on any atom is 0.222 e. The number of amides is 1. The Labute approximate surface area is 142 Å². The monoisotopic (exact) mass is 327 g/mol. The molecule has 0 unspecified atom stereocenters. The van der Waals surface area contributed by atoms with Crippen LogP contribution in [-0.4, -0.2) is 30.5 Å². The van der Waals surface area contributed by atoms with E-state index < -0.39 is 0 Å². The van der Waals surface area contributed by atoms with Crippen molar-refractivity contribution < 1.29 is 13.9 Å². The van der Waals surface area contributed by atoms with Crippen LogP contribution in [0.4, 0.5) is 4.39 Å². The summed E-state index contributed by atoms with van der Waals surface area (Å²) >= 11 is 0. The average Bonchev–Trinajstić information content (AvgIpc) is 2.63. The van der Waals surface area contributed by atoms with E-state index in [4.69, 9.17) is 4.74 Å². The van der Waals surface area contributed by atoms with Crippen molar-refractivity contribution in [2.75, 3.05) is 19.7 Å². The van der Waals surface area contributed by atoms with Crippen LogP contribution in [0.25, 0.3) is 0 Å². The van der Waals surface area contributed by atoms with Crippen molar-refractivity contribution >= 4 is 5.91 Å². The van der Waals surface area contributed by atoms with Crippen LogP contribution in [0.15, 0.2) is 54.6 Å². The Hall–Kier alpha value is -2.20. The highest BCUT2D eigenvalue weighted by atomic mass is 19.1. The second-order valence-electron chi connectivity index (χ2n) is 6.09. The number of rotatable bonds is 5. The highest BCUT2D eigenvalue weighted by molar-refractivity contribution is 5.76. The molecule has 1 aliphatic rings. The van der Waals surface area contributed by atoms with E-state index in [0.29, 0.717) is 26.1 Å². The van der Waals surface area contributed by atoms with Crippen molar-refractivity contribution in [1.82, 2.24) is 4.90 Å². The Morgan fingerprint density at radius 1 is 1.12 bits per heavy atom. The van der Waals surface area contributed by atoms with Crippen LogP contribution in [0.5, 0.6) is 0 Å². The van der Waals surface area contributed by atoms with E-state index in [0.717, 1.165) is 18.4 Å². The first-order chi connectivity index (χ1) is 11.7. The lowest BCUT2D eigenvalue weighted by Gasteiger charge is -2.33. The average molecular weight is 327 g/mol. The summed E-state index contributed by atoms with van der Waals surface area (Å²) in [6.07, 6.45) is 2.14. The van der Waals surface area contributed by atoms with Crippen LogP contribution in [0.3, 0.4) is 0 Å². The Morgan fingerprint density at radius 3 is 2.62 bits per heavy atom. The number of hydrogen-bond donors (Lipinski definition) is 0. The molecule has 0 saturated carbocycles. The Bertz CT molecular complexity index is 657. The Morgan fingerprint density at radius 2 is 1.88 bits per heavy atom. The van der Waals surface area contributed by atoms with Gasteiger partial charge in [-0.2, -0.15) is 0 Å². The van der Waals surface area contributed by atoms with Crippen LogP contribution < -0.4 is 0 Å². The SMILES string of the molecule is O=C(CCCc1ccccc1)N1CCO[C@@H](c2ccc(F)cc2)C1. The van der Waals surface area contributed by atoms with Gasteiger partial charge in [0.25, 0.3) is 0 Å². The maximum absolute atomic E-state index is 13.0. The number of benzene rings is 2. The van der Waals surface area contributed by atoms with Gasteiger partial charge in [-0.3, -0.25) is 4.79 Å². The number of halogens is 1. The van der Waals surface area contributed by atoms with Crippen molar-refractivity contribution in [2.24, 2.45) is 0 Å². The van der Waals surface area contributed by atoms with Gasteiger partial charge in [-0.25, -0.2) is 4.39 Å². The van der Waals surface area contributed by atoms with E-state index in [-0.39, 0.29) is 17.8 Å². The van der Waals surface area contributed by atoms with Crippen LogP contribution >= 0.6 is 0 Å². The number of hydrogen-bond acceptors (Lipinski definition) is 2. The van der Waals surface area contributed by atoms with Gasteiger partial charge < -0.3 is 9.64 Å². The molecule has 1 aliphatic heterocycles. The van der Waals surface area contributed by atoms with Crippen molar-refractivity contribution in [1.29, 1.82) is 0 Å². The molecule has 1 atom stereocenters. The maximum atomic E-state index is 13.0. The molecule has 2 aromatic rings. The van der Waals surface area contributed by atoms with E-state index >= 15 is 0 Å². The lowest BCUT2D eigenvalue weighted by molar-refractivity contribution is -0.139. The summed E-state index contributed by atoms with van der Waals surface area (Å²) in [5, 5.41) is 0. The zero-order valence-electron chi connectivity index (χ0n) is 13.7. The predicted octanol–water partition coefficient (Wildman–Crippen LogP) is 3.75. The zero-order valence-corrected chi connectivity index (χ0v) is 13.7. The van der Waals surface area contributed by atoms with Crippen molar-refractivity contribution in [3.05, 3.63) is 71.5 Å². The number of nitrogens with zero attached hydrogens (tertiary/aromatic N) is 1. The lowest BCUT2D eigenvalue weighted by Crippen LogP contribution is -2.42. The minimum absolute atomic E-state index is 0.168. The van der Waals surface area contributed by atoms with Gasteiger partial charge in [0.15, 0.2) is 0 Å². The summed E-state index contributed by atoms with van der Waals surface area (Å²) in [5.41, 5.74) is 2.18. The van der Waals surface area contributed by atoms with E-state index in [1.807, 2.05) is 23.1 Å². The van der Waals surface area contributed by atoms with Gasteiger partial charge in [0.05, 0.1) is 13.2 Å². The van der Waals surface area contributed by atoms with E-state index in [9.17, 15) is 9.18 Å². The number of carbonyl (C=O) groups is 1. The molecule has 0 N–H and O–H groups in total. The number of aryl methyl sites for hydroxylation is 1. The standard InChI is InChI=1S/C20H22FNO2/c21-18-11-9-17(10-12-18)19-15-22(13-14-24-19)20(23)8-4-7-16-5-2-1-3-6-16/h1-3,5-6,9-12,19H,4,7-8,13-15H2/t19-/m1/s1. The smallest absolute Gasteiger partial charge is 0.222 e. The van der Waals surface area contributed by atoms with Gasteiger partial charge in [-0.15, -0.1) is 0 Å². The largest absolute Gasteiger partial charge is 0.370 e. The lowest BCUT2D eigenvalue weighted by atomic mass is 10.1. The summed E-state index contributed by atoms with van der Waals surface area (Å²) in [6.45, 7) is 1.68. The predicted molar refractivity (Wildman–Crippen MR) is 91.1 cm³/mol. The van der Waals surface area contributed by atoms with Crippen LogP contribution in [0.2, 0.25) is 0 Å². The summed E-state index contributed by atoms with van der Waals surface area (Å²) in [7, 11) is 0. The molecule has 1 saturated heterocycles. The highest BCUT2D eigenvalue weighted by Crippen LogP contribution is 2.23. The summed E-state index contributed by atoms with van der Waals surface area (Å²) in [6, 6.07) is 16.5. The molecule has 3 rings (SSSR count). The minimum atomic E-state index is -0.261. The molecule has 1 heterocycles. The zero-order chi connectivity index (χ0) is 16.8. The van der Waals surface area contributed by atoms with E-state index in [1.54, 1.807) is 12.1 Å². The fraction of sp³-hybridized carbons (Fsp3) is 0.350. The summed E-state index contributed by atoms with van der Waals surface area (Å²) < 4.78 is 18.8. The molecule has 0 radical (unpaired) electrons. The quantitative estimate of drug-likeness (QED) is 0.837. The summed E-state index contributed by atoms with van der Waals surface area (Å²) in [4.78, 5) is 14.3. The van der Waals surface area contributed by atoms with Crippen molar-refractivity contribution in [3.8, 4) is 0 Å². The Kier molecular flexibility index (Phi) is 5.59. The third-order valence-corrected chi connectivity index (χ3v) is 4.36. The second kappa shape index (κ2) is 8.06. The van der Waals surface area contributed by atoms with Crippen molar-refractivity contribution in [2.45, 2.75) is 25.4 Å². The molecule has 0 aromatic heterocycles. The molecular formula is C20H22FNO2. The van der Waals surface area contributed by atoms with Gasteiger partial charge in [-0.05, 0) is 36.1 Å². The first-order valence-electron chi connectivity index (χ1n) is 8.41. The van der Waals surface area contributed by atoms with Crippen LogP contribution in [0, 0.1) is 5.82 Å². The number of carbonyl (C=O) groups excluding carboxylic acids is 1. The third kappa shape index (κ3) is 4.42. The van der Waals surface area contributed by atoms with Gasteiger partial charge >= 0.3 is 0 Å². The van der Waals surface area contributed by atoms with Gasteiger partial charge in [0.2, 0.25) is 5.91 Å². The molecule has 0 spiro atoms. The second-order valence-corrected chi connectivity index (χ2v) is 6.09. The molecule has 0 aliphatic carbocycles. The fourth-order valence-corrected chi connectivity index (χ4v) is 3.00. The van der Waals surface area contributed by atoms with Gasteiger partial charge in [0.1, 0.15) is 11.9 Å². The molecule has 1 amide bonds. The first-order valence-corrected chi connectivity index (χ1v) is 8.41. The van der Waals surface area contributed by atoms with E-state index in [2.05, 4.69) is 12.1 Å². The van der Waals surface area contributed by atoms with Gasteiger partial charge in [-0.1, -0.05) is 42.5 Å². The molecule has 0 bridgehead atoms. The first kappa shape index (κ1) is 16.7. The fourth-order valence-electron chi connectivity index (χ4n) is 3.00. The molecular weight excluding hydrogens is 305 g/mol. The highest BCUT2D eigenvalue weighted by Gasteiger charge is 2.25.